The summed E-state index contributed by atoms with van der Waals surface area (Å²) >= 11 is 0. The first kappa shape index (κ1) is 19.2. The van der Waals surface area contributed by atoms with E-state index >= 15 is 0 Å². The number of anilines is 1. The quantitative estimate of drug-likeness (QED) is 0.467. The van der Waals surface area contributed by atoms with E-state index in [4.69, 9.17) is 0 Å². The van der Waals surface area contributed by atoms with Gasteiger partial charge in [0.2, 0.25) is 0 Å². The number of fused-ring (bicyclic) bond motifs is 1. The Hall–Kier alpha value is -3.16. The molecule has 1 aromatic carbocycles. The summed E-state index contributed by atoms with van der Waals surface area (Å²) in [4.78, 5) is 49.3. The molecule has 138 valence electrons. The third kappa shape index (κ3) is 3.90. The molecule has 0 atom stereocenters. The van der Waals surface area contributed by atoms with E-state index in [9.17, 15) is 19.2 Å². The first-order valence-corrected chi connectivity index (χ1v) is 7.93. The molecule has 1 N–H and O–H groups in total. The number of hydrogen-bond acceptors (Lipinski definition) is 7. The summed E-state index contributed by atoms with van der Waals surface area (Å²) in [6, 6.07) is 4.51. The third-order valence-electron chi connectivity index (χ3n) is 3.67. The Balaban J connectivity index is 2.32. The molecule has 1 heterocycles. The van der Waals surface area contributed by atoms with E-state index in [-0.39, 0.29) is 29.0 Å². The number of hydrogen-bond donors (Lipinski definition) is 1. The summed E-state index contributed by atoms with van der Waals surface area (Å²) in [5, 5.41) is 2.72. The molecule has 0 bridgehead atoms. The minimum Gasteiger partial charge on any atom is -0.466 e. The lowest BCUT2D eigenvalue weighted by atomic mass is 10.1. The molecular weight excluding hydrogens is 340 g/mol. The number of nitrogens with zero attached hydrogens (tertiary/aromatic N) is 1. The highest BCUT2D eigenvalue weighted by atomic mass is 16.5. The fourth-order valence-electron chi connectivity index (χ4n) is 2.49. The van der Waals surface area contributed by atoms with E-state index in [1.165, 1.54) is 37.3 Å². The van der Waals surface area contributed by atoms with Gasteiger partial charge < -0.3 is 14.8 Å². The molecule has 8 nitrogen and oxygen atoms in total. The second-order valence-corrected chi connectivity index (χ2v) is 6.07. The van der Waals surface area contributed by atoms with Crippen molar-refractivity contribution >= 4 is 29.4 Å². The molecule has 0 spiro atoms. The number of amides is 2. The Morgan fingerprint density at radius 2 is 1.77 bits per heavy atom. The van der Waals surface area contributed by atoms with Crippen molar-refractivity contribution < 1.29 is 28.7 Å². The zero-order valence-corrected chi connectivity index (χ0v) is 15.0. The third-order valence-corrected chi connectivity index (χ3v) is 3.67. The van der Waals surface area contributed by atoms with Gasteiger partial charge in [-0.3, -0.25) is 14.5 Å². The van der Waals surface area contributed by atoms with Gasteiger partial charge in [-0.25, -0.2) is 9.59 Å². The molecule has 1 aliphatic rings. The molecule has 0 unspecified atom stereocenters. The molecule has 0 aromatic heterocycles. The number of methoxy groups -OCH3 is 2. The molecule has 0 fully saturated rings. The average molecular weight is 360 g/mol. The Bertz CT molecular complexity index is 797. The van der Waals surface area contributed by atoms with Crippen molar-refractivity contribution in [2.45, 2.75) is 13.8 Å². The molecule has 2 amide bonds. The number of benzene rings is 1. The normalized spacial score (nSPS) is 13.7. The molecule has 0 saturated heterocycles. The number of esters is 2. The fraction of sp³-hybridized carbons (Fsp3) is 0.333. The molecule has 1 aromatic rings. The highest BCUT2D eigenvalue weighted by molar-refractivity contribution is 6.21. The molecule has 8 heteroatoms. The largest absolute Gasteiger partial charge is 0.466 e. The van der Waals surface area contributed by atoms with Crippen LogP contribution in [0.2, 0.25) is 0 Å². The second kappa shape index (κ2) is 7.81. The molecule has 0 saturated carbocycles. The van der Waals surface area contributed by atoms with Crippen LogP contribution in [-0.2, 0) is 19.1 Å². The van der Waals surface area contributed by atoms with Crippen molar-refractivity contribution in [1.82, 2.24) is 4.90 Å². The van der Waals surface area contributed by atoms with Crippen molar-refractivity contribution in [2.75, 3.05) is 26.1 Å². The monoisotopic (exact) mass is 360 g/mol. The Morgan fingerprint density at radius 3 is 2.35 bits per heavy atom. The lowest BCUT2D eigenvalue weighted by Gasteiger charge is -2.15. The molecule has 0 aliphatic carbocycles. The summed E-state index contributed by atoms with van der Waals surface area (Å²) in [6.07, 6.45) is 0.942. The van der Waals surface area contributed by atoms with Crippen LogP contribution in [0, 0.1) is 5.92 Å². The minimum absolute atomic E-state index is 0.142. The van der Waals surface area contributed by atoms with Gasteiger partial charge in [0.15, 0.2) is 0 Å². The van der Waals surface area contributed by atoms with Crippen LogP contribution in [0.4, 0.5) is 5.69 Å². The summed E-state index contributed by atoms with van der Waals surface area (Å²) in [5.74, 6) is -2.11. The average Bonchev–Trinajstić information content (AvgIpc) is 2.84. The molecule has 26 heavy (non-hydrogen) atoms. The standard InChI is InChI=1S/C18H20N2O6/c1-10(2)9-20-16(22)12-6-5-11(7-13(12)17(20)23)19-14(18(24)26-4)8-15(21)25-3/h5-8,10,19H,9H2,1-4H3/b14-8+. The van der Waals surface area contributed by atoms with Gasteiger partial charge >= 0.3 is 11.9 Å². The van der Waals surface area contributed by atoms with Gasteiger partial charge in [-0.15, -0.1) is 0 Å². The first-order chi connectivity index (χ1) is 12.3. The predicted molar refractivity (Wildman–Crippen MR) is 92.4 cm³/mol. The predicted octanol–water partition coefficient (Wildman–Crippen LogP) is 1.58. The highest BCUT2D eigenvalue weighted by Crippen LogP contribution is 2.27. The van der Waals surface area contributed by atoms with E-state index in [1.54, 1.807) is 0 Å². The van der Waals surface area contributed by atoms with Crippen molar-refractivity contribution in [3.8, 4) is 0 Å². The smallest absolute Gasteiger partial charge is 0.354 e. The summed E-state index contributed by atoms with van der Waals surface area (Å²) in [6.45, 7) is 4.15. The highest BCUT2D eigenvalue weighted by Gasteiger charge is 2.35. The van der Waals surface area contributed by atoms with Crippen molar-refractivity contribution in [1.29, 1.82) is 0 Å². The van der Waals surface area contributed by atoms with Crippen LogP contribution >= 0.6 is 0 Å². The lowest BCUT2D eigenvalue weighted by Crippen LogP contribution is -2.33. The van der Waals surface area contributed by atoms with Crippen LogP contribution in [0.1, 0.15) is 34.6 Å². The maximum Gasteiger partial charge on any atom is 0.354 e. The van der Waals surface area contributed by atoms with Gasteiger partial charge in [-0.1, -0.05) is 13.8 Å². The maximum absolute atomic E-state index is 12.5. The van der Waals surface area contributed by atoms with Crippen molar-refractivity contribution in [3.63, 3.8) is 0 Å². The van der Waals surface area contributed by atoms with Crippen LogP contribution in [0.5, 0.6) is 0 Å². The Kier molecular flexibility index (Phi) is 5.76. The van der Waals surface area contributed by atoms with E-state index in [2.05, 4.69) is 14.8 Å². The van der Waals surface area contributed by atoms with E-state index in [1.807, 2.05) is 13.8 Å². The molecule has 1 aliphatic heterocycles. The van der Waals surface area contributed by atoms with Crippen LogP contribution in [0.25, 0.3) is 0 Å². The van der Waals surface area contributed by atoms with Gasteiger partial charge in [0.05, 0.1) is 31.4 Å². The number of carbonyl (C=O) groups is 4. The fourth-order valence-corrected chi connectivity index (χ4v) is 2.49. The molecule has 2 rings (SSSR count). The minimum atomic E-state index is -0.778. The van der Waals surface area contributed by atoms with Crippen LogP contribution in [-0.4, -0.2) is 49.4 Å². The number of nitrogens with one attached hydrogen (secondary N) is 1. The van der Waals surface area contributed by atoms with Crippen molar-refractivity contribution in [3.05, 3.63) is 41.1 Å². The van der Waals surface area contributed by atoms with Crippen LogP contribution in [0.3, 0.4) is 0 Å². The van der Waals surface area contributed by atoms with Gasteiger partial charge in [-0.05, 0) is 24.1 Å². The maximum atomic E-state index is 12.5. The Labute approximate surface area is 150 Å². The zero-order chi connectivity index (χ0) is 19.4. The molecule has 0 radical (unpaired) electrons. The number of ether oxygens (including phenoxy) is 2. The van der Waals surface area contributed by atoms with Gasteiger partial charge in [0, 0.05) is 12.2 Å². The second-order valence-electron chi connectivity index (χ2n) is 6.07. The van der Waals surface area contributed by atoms with Crippen LogP contribution < -0.4 is 5.32 Å². The summed E-state index contributed by atoms with van der Waals surface area (Å²) < 4.78 is 9.12. The number of rotatable bonds is 6. The SMILES string of the molecule is COC(=O)/C=C(/Nc1ccc2c(c1)C(=O)N(CC(C)C)C2=O)C(=O)OC. The Morgan fingerprint density at radius 1 is 1.12 bits per heavy atom. The van der Waals surface area contributed by atoms with Crippen molar-refractivity contribution in [2.24, 2.45) is 5.92 Å². The summed E-state index contributed by atoms with van der Waals surface area (Å²) in [7, 11) is 2.35. The van der Waals surface area contributed by atoms with E-state index < -0.39 is 11.9 Å². The topological polar surface area (TPSA) is 102 Å². The first-order valence-electron chi connectivity index (χ1n) is 7.93. The van der Waals surface area contributed by atoms with Gasteiger partial charge in [0.25, 0.3) is 11.8 Å². The zero-order valence-electron chi connectivity index (χ0n) is 15.0. The van der Waals surface area contributed by atoms with Gasteiger partial charge in [0.1, 0.15) is 5.70 Å². The number of carbonyl (C=O) groups excluding carboxylic acids is 4. The van der Waals surface area contributed by atoms with Crippen LogP contribution in [0.15, 0.2) is 30.0 Å². The van der Waals surface area contributed by atoms with Gasteiger partial charge in [-0.2, -0.15) is 0 Å². The summed E-state index contributed by atoms with van der Waals surface area (Å²) in [5.41, 5.74) is 0.743. The van der Waals surface area contributed by atoms with E-state index in [0.29, 0.717) is 17.8 Å². The van der Waals surface area contributed by atoms with E-state index in [0.717, 1.165) is 6.08 Å². The lowest BCUT2D eigenvalue weighted by molar-refractivity contribution is -0.138. The number of imide groups is 1. The molecular formula is C18H20N2O6.